The molecule has 0 spiro atoms. The van der Waals surface area contributed by atoms with Crippen LogP contribution in [0.15, 0.2) is 54.6 Å². The minimum absolute atomic E-state index is 0.0832. The SMILES string of the molecule is CC(NC(=O)C=Cc1ccccc1)C(=O)N1CCN(c2cccc(Cl)n2)CC1. The van der Waals surface area contributed by atoms with Gasteiger partial charge in [-0.2, -0.15) is 0 Å². The lowest BCUT2D eigenvalue weighted by Crippen LogP contribution is -2.54. The Morgan fingerprint density at radius 1 is 1.07 bits per heavy atom. The number of anilines is 1. The maximum Gasteiger partial charge on any atom is 0.244 e. The molecule has 2 amide bonds. The average molecular weight is 399 g/mol. The van der Waals surface area contributed by atoms with Gasteiger partial charge in [-0.25, -0.2) is 4.98 Å². The van der Waals surface area contributed by atoms with Gasteiger partial charge in [0.1, 0.15) is 17.0 Å². The molecule has 3 rings (SSSR count). The molecule has 6 nitrogen and oxygen atoms in total. The number of hydrogen-bond donors (Lipinski definition) is 1. The summed E-state index contributed by atoms with van der Waals surface area (Å²) >= 11 is 5.95. The van der Waals surface area contributed by atoms with Crippen molar-refractivity contribution in [3.63, 3.8) is 0 Å². The summed E-state index contributed by atoms with van der Waals surface area (Å²) in [6, 6.07) is 14.5. The highest BCUT2D eigenvalue weighted by molar-refractivity contribution is 6.29. The predicted molar refractivity (Wildman–Crippen MR) is 111 cm³/mol. The van der Waals surface area contributed by atoms with Gasteiger partial charge in [-0.15, -0.1) is 0 Å². The van der Waals surface area contributed by atoms with Crippen LogP contribution in [0.5, 0.6) is 0 Å². The smallest absolute Gasteiger partial charge is 0.244 e. The number of nitrogens with one attached hydrogen (secondary N) is 1. The van der Waals surface area contributed by atoms with Crippen molar-refractivity contribution in [3.8, 4) is 0 Å². The fraction of sp³-hybridized carbons (Fsp3) is 0.286. The summed E-state index contributed by atoms with van der Waals surface area (Å²) in [7, 11) is 0. The number of piperazine rings is 1. The van der Waals surface area contributed by atoms with Crippen molar-refractivity contribution in [2.45, 2.75) is 13.0 Å². The van der Waals surface area contributed by atoms with E-state index in [2.05, 4.69) is 15.2 Å². The van der Waals surface area contributed by atoms with Crippen LogP contribution in [-0.2, 0) is 9.59 Å². The Balaban J connectivity index is 1.49. The summed E-state index contributed by atoms with van der Waals surface area (Å²) in [5, 5.41) is 3.19. The molecule has 0 saturated carbocycles. The summed E-state index contributed by atoms with van der Waals surface area (Å²) in [5.41, 5.74) is 0.933. The molecule has 0 bridgehead atoms. The highest BCUT2D eigenvalue weighted by atomic mass is 35.5. The Bertz CT molecular complexity index is 848. The highest BCUT2D eigenvalue weighted by Crippen LogP contribution is 2.16. The first kappa shape index (κ1) is 19.9. The molecule has 28 heavy (non-hydrogen) atoms. The minimum Gasteiger partial charge on any atom is -0.353 e. The Morgan fingerprint density at radius 3 is 2.46 bits per heavy atom. The Hall–Kier alpha value is -2.86. The van der Waals surface area contributed by atoms with E-state index in [0.29, 0.717) is 31.3 Å². The van der Waals surface area contributed by atoms with Crippen LogP contribution in [0.25, 0.3) is 6.08 Å². The zero-order valence-electron chi connectivity index (χ0n) is 15.7. The zero-order valence-corrected chi connectivity index (χ0v) is 16.5. The largest absolute Gasteiger partial charge is 0.353 e. The van der Waals surface area contributed by atoms with Crippen LogP contribution < -0.4 is 10.2 Å². The number of amides is 2. The van der Waals surface area contributed by atoms with Crippen molar-refractivity contribution < 1.29 is 9.59 Å². The number of halogens is 1. The van der Waals surface area contributed by atoms with E-state index in [1.54, 1.807) is 24.0 Å². The zero-order chi connectivity index (χ0) is 19.9. The van der Waals surface area contributed by atoms with Crippen molar-refractivity contribution in [1.29, 1.82) is 0 Å². The summed E-state index contributed by atoms with van der Waals surface area (Å²) in [6.45, 7) is 4.21. The standard InChI is InChI=1S/C21H23ClN4O2/c1-16(23-20(27)11-10-17-6-3-2-4-7-17)21(28)26-14-12-25(13-15-26)19-9-5-8-18(22)24-19/h2-11,16H,12-15H2,1H3,(H,23,27). The first-order valence-electron chi connectivity index (χ1n) is 9.23. The third kappa shape index (κ3) is 5.33. The molecule has 0 aliphatic carbocycles. The molecular formula is C21H23ClN4O2. The molecule has 1 unspecified atom stereocenters. The number of hydrogen-bond acceptors (Lipinski definition) is 4. The molecule has 1 saturated heterocycles. The van der Waals surface area contributed by atoms with Crippen LogP contribution in [0, 0.1) is 0 Å². The summed E-state index contributed by atoms with van der Waals surface area (Å²) in [4.78, 5) is 32.9. The van der Waals surface area contributed by atoms with E-state index in [9.17, 15) is 9.59 Å². The second-order valence-corrected chi connectivity index (χ2v) is 6.99. The van der Waals surface area contributed by atoms with Crippen LogP contribution in [0.3, 0.4) is 0 Å². The second kappa shape index (κ2) is 9.37. The van der Waals surface area contributed by atoms with Gasteiger partial charge in [-0.05, 0) is 30.7 Å². The van der Waals surface area contributed by atoms with E-state index in [1.807, 2.05) is 42.5 Å². The maximum atomic E-state index is 12.6. The average Bonchev–Trinajstić information content (AvgIpc) is 2.72. The van der Waals surface area contributed by atoms with Gasteiger partial charge >= 0.3 is 0 Å². The number of benzene rings is 1. The molecular weight excluding hydrogens is 376 g/mol. The van der Waals surface area contributed by atoms with E-state index >= 15 is 0 Å². The van der Waals surface area contributed by atoms with Crippen molar-refractivity contribution >= 4 is 35.3 Å². The molecule has 2 heterocycles. The lowest BCUT2D eigenvalue weighted by atomic mass is 10.2. The van der Waals surface area contributed by atoms with Crippen molar-refractivity contribution in [3.05, 3.63) is 65.3 Å². The van der Waals surface area contributed by atoms with Gasteiger partial charge in [0.2, 0.25) is 11.8 Å². The van der Waals surface area contributed by atoms with E-state index < -0.39 is 6.04 Å². The number of carbonyl (C=O) groups is 2. The first-order chi connectivity index (χ1) is 13.5. The van der Waals surface area contributed by atoms with Crippen LogP contribution >= 0.6 is 11.6 Å². The maximum absolute atomic E-state index is 12.6. The molecule has 1 aromatic carbocycles. The topological polar surface area (TPSA) is 65.5 Å². The number of pyridine rings is 1. The van der Waals surface area contributed by atoms with Gasteiger partial charge in [0.25, 0.3) is 0 Å². The molecule has 1 N–H and O–H groups in total. The summed E-state index contributed by atoms with van der Waals surface area (Å²) in [5.74, 6) is 0.443. The van der Waals surface area contributed by atoms with Gasteiger partial charge in [0, 0.05) is 32.3 Å². The van der Waals surface area contributed by atoms with Gasteiger partial charge in [-0.3, -0.25) is 9.59 Å². The number of aromatic nitrogens is 1. The molecule has 1 fully saturated rings. The number of rotatable bonds is 5. The Labute approximate surface area is 169 Å². The molecule has 1 aliphatic heterocycles. The fourth-order valence-electron chi connectivity index (χ4n) is 3.06. The highest BCUT2D eigenvalue weighted by Gasteiger charge is 2.26. The first-order valence-corrected chi connectivity index (χ1v) is 9.60. The molecule has 2 aromatic rings. The number of nitrogens with zero attached hydrogens (tertiary/aromatic N) is 3. The van der Waals surface area contributed by atoms with Crippen LogP contribution in [0.1, 0.15) is 12.5 Å². The predicted octanol–water partition coefficient (Wildman–Crippen LogP) is 2.60. The van der Waals surface area contributed by atoms with Crippen molar-refractivity contribution in [1.82, 2.24) is 15.2 Å². The van der Waals surface area contributed by atoms with Crippen LogP contribution in [0.4, 0.5) is 5.82 Å². The monoisotopic (exact) mass is 398 g/mol. The minimum atomic E-state index is -0.580. The Morgan fingerprint density at radius 2 is 1.79 bits per heavy atom. The van der Waals surface area contributed by atoms with Crippen molar-refractivity contribution in [2.24, 2.45) is 0 Å². The fourth-order valence-corrected chi connectivity index (χ4v) is 3.22. The van der Waals surface area contributed by atoms with Gasteiger partial charge in [-0.1, -0.05) is 48.0 Å². The van der Waals surface area contributed by atoms with Gasteiger partial charge in [0.15, 0.2) is 0 Å². The number of carbonyl (C=O) groups excluding carboxylic acids is 2. The van der Waals surface area contributed by atoms with Crippen molar-refractivity contribution in [2.75, 3.05) is 31.1 Å². The molecule has 1 aliphatic rings. The Kier molecular flexibility index (Phi) is 6.66. The van der Waals surface area contributed by atoms with Crippen LogP contribution in [-0.4, -0.2) is 53.9 Å². The van der Waals surface area contributed by atoms with E-state index in [1.165, 1.54) is 6.08 Å². The summed E-state index contributed by atoms with van der Waals surface area (Å²) < 4.78 is 0. The third-order valence-electron chi connectivity index (χ3n) is 4.57. The van der Waals surface area contributed by atoms with E-state index in [0.717, 1.165) is 11.4 Å². The van der Waals surface area contributed by atoms with E-state index in [4.69, 9.17) is 11.6 Å². The molecule has 0 radical (unpaired) electrons. The van der Waals surface area contributed by atoms with Crippen LogP contribution in [0.2, 0.25) is 5.15 Å². The summed E-state index contributed by atoms with van der Waals surface area (Å²) in [6.07, 6.45) is 3.17. The van der Waals surface area contributed by atoms with E-state index in [-0.39, 0.29) is 11.8 Å². The molecule has 1 atom stereocenters. The molecule has 146 valence electrons. The molecule has 7 heteroatoms. The van der Waals surface area contributed by atoms with Gasteiger partial charge in [0.05, 0.1) is 0 Å². The third-order valence-corrected chi connectivity index (χ3v) is 4.78. The van der Waals surface area contributed by atoms with Gasteiger partial charge < -0.3 is 15.1 Å². The second-order valence-electron chi connectivity index (χ2n) is 6.61. The quantitative estimate of drug-likeness (QED) is 0.621. The molecule has 1 aromatic heterocycles. The lowest BCUT2D eigenvalue weighted by molar-refractivity contribution is -0.135. The lowest BCUT2D eigenvalue weighted by Gasteiger charge is -2.36. The normalized spacial score (nSPS) is 15.5.